The summed E-state index contributed by atoms with van der Waals surface area (Å²) in [7, 11) is 0. The van der Waals surface area contributed by atoms with E-state index in [1.54, 1.807) is 6.08 Å². The lowest BCUT2D eigenvalue weighted by Gasteiger charge is -1.96. The van der Waals surface area contributed by atoms with Crippen molar-refractivity contribution in [2.75, 3.05) is 0 Å². The first-order chi connectivity index (χ1) is 12.1. The molecule has 25 heavy (non-hydrogen) atoms. The fraction of sp³-hybridized carbons (Fsp3) is 0.550. The van der Waals surface area contributed by atoms with E-state index < -0.39 is 10.9 Å². The molecule has 0 aromatic carbocycles. The Morgan fingerprint density at radius 3 is 2.08 bits per heavy atom. The number of nitro groups is 1. The summed E-state index contributed by atoms with van der Waals surface area (Å²) in [5.41, 5.74) is 0.0923. The van der Waals surface area contributed by atoms with Gasteiger partial charge in [-0.2, -0.15) is 0 Å². The molecule has 0 radical (unpaired) electrons. The molecule has 0 aliphatic heterocycles. The zero-order chi connectivity index (χ0) is 18.8. The molecule has 5 nitrogen and oxygen atoms in total. The molecule has 0 fully saturated rings. The van der Waals surface area contributed by atoms with Gasteiger partial charge in [-0.3, -0.25) is 14.9 Å². The Kier molecular flexibility index (Phi) is 15.2. The maximum absolute atomic E-state index is 10.9. The van der Waals surface area contributed by atoms with E-state index in [9.17, 15) is 14.9 Å². The van der Waals surface area contributed by atoms with Crippen LogP contribution in [0.4, 0.5) is 0 Å². The summed E-state index contributed by atoms with van der Waals surface area (Å²) in [6.45, 7) is 2.20. The molecular formula is C20H31NO4. The van der Waals surface area contributed by atoms with Gasteiger partial charge in [-0.05, 0) is 44.6 Å². The van der Waals surface area contributed by atoms with Gasteiger partial charge in [0.25, 0.3) is 0 Å². The summed E-state index contributed by atoms with van der Waals surface area (Å²) >= 11 is 0. The fourth-order valence-corrected chi connectivity index (χ4v) is 2.16. The molecule has 0 atom stereocenters. The fourth-order valence-electron chi connectivity index (χ4n) is 2.16. The third-order valence-electron chi connectivity index (χ3n) is 3.57. The lowest BCUT2D eigenvalue weighted by molar-refractivity contribution is -0.428. The third kappa shape index (κ3) is 16.5. The van der Waals surface area contributed by atoms with Crippen LogP contribution in [0.2, 0.25) is 0 Å². The summed E-state index contributed by atoms with van der Waals surface area (Å²) < 4.78 is 0. The number of carboxylic acids is 1. The van der Waals surface area contributed by atoms with E-state index >= 15 is 0 Å². The minimum absolute atomic E-state index is 0.0428. The SMILES string of the molecule is CCCCC/C=C/C/C=C/C/C=C/C/C=C(/CCCC(=O)O)[N+](=O)[O-]. The van der Waals surface area contributed by atoms with E-state index in [1.165, 1.54) is 19.3 Å². The number of rotatable bonds is 15. The number of hydrogen-bond donors (Lipinski definition) is 1. The predicted octanol–water partition coefficient (Wildman–Crippen LogP) is 5.82. The number of nitrogens with zero attached hydrogens (tertiary/aromatic N) is 1. The molecule has 0 heterocycles. The maximum Gasteiger partial charge on any atom is 0.303 e. The first-order valence-corrected chi connectivity index (χ1v) is 9.08. The van der Waals surface area contributed by atoms with Gasteiger partial charge in [0.05, 0.1) is 4.92 Å². The molecule has 0 unspecified atom stereocenters. The molecule has 140 valence electrons. The Bertz CT molecular complexity index is 490. The van der Waals surface area contributed by atoms with Gasteiger partial charge in [-0.15, -0.1) is 0 Å². The zero-order valence-corrected chi connectivity index (χ0v) is 15.2. The van der Waals surface area contributed by atoms with Crippen molar-refractivity contribution in [1.29, 1.82) is 0 Å². The number of hydrogen-bond acceptors (Lipinski definition) is 3. The van der Waals surface area contributed by atoms with Crippen LogP contribution in [0.15, 0.2) is 48.2 Å². The van der Waals surface area contributed by atoms with Crippen molar-refractivity contribution in [1.82, 2.24) is 0 Å². The molecule has 0 aliphatic rings. The van der Waals surface area contributed by atoms with Crippen LogP contribution >= 0.6 is 0 Å². The van der Waals surface area contributed by atoms with Crippen LogP contribution in [-0.2, 0) is 4.79 Å². The average Bonchev–Trinajstić information content (AvgIpc) is 2.56. The van der Waals surface area contributed by atoms with Gasteiger partial charge in [0, 0.05) is 12.8 Å². The quantitative estimate of drug-likeness (QED) is 0.175. The van der Waals surface area contributed by atoms with Crippen LogP contribution in [0.5, 0.6) is 0 Å². The molecule has 0 saturated heterocycles. The highest BCUT2D eigenvalue weighted by Crippen LogP contribution is 2.09. The van der Waals surface area contributed by atoms with Gasteiger partial charge >= 0.3 is 5.97 Å². The van der Waals surface area contributed by atoms with E-state index in [0.717, 1.165) is 19.3 Å². The van der Waals surface area contributed by atoms with E-state index in [0.29, 0.717) is 12.8 Å². The second kappa shape index (κ2) is 16.7. The molecule has 0 aliphatic carbocycles. The lowest BCUT2D eigenvalue weighted by atomic mass is 10.1. The van der Waals surface area contributed by atoms with Crippen molar-refractivity contribution in [3.05, 3.63) is 58.3 Å². The molecule has 1 N–H and O–H groups in total. The van der Waals surface area contributed by atoms with E-state index in [4.69, 9.17) is 5.11 Å². The Labute approximate surface area is 151 Å². The summed E-state index contributed by atoms with van der Waals surface area (Å²) in [5, 5.41) is 19.4. The maximum atomic E-state index is 10.9. The second-order valence-electron chi connectivity index (χ2n) is 5.82. The highest BCUT2D eigenvalue weighted by atomic mass is 16.6. The van der Waals surface area contributed by atoms with E-state index in [1.807, 2.05) is 12.2 Å². The Morgan fingerprint density at radius 2 is 1.52 bits per heavy atom. The van der Waals surface area contributed by atoms with Crippen molar-refractivity contribution < 1.29 is 14.8 Å². The topological polar surface area (TPSA) is 80.4 Å². The smallest absolute Gasteiger partial charge is 0.303 e. The number of allylic oxidation sites excluding steroid dienone is 8. The summed E-state index contributed by atoms with van der Waals surface area (Å²) in [4.78, 5) is 20.9. The summed E-state index contributed by atoms with van der Waals surface area (Å²) in [5.74, 6) is -0.926. The normalized spacial score (nSPS) is 12.6. The van der Waals surface area contributed by atoms with Crippen LogP contribution in [0, 0.1) is 10.1 Å². The largest absolute Gasteiger partial charge is 0.481 e. The first kappa shape index (κ1) is 22.8. The zero-order valence-electron chi connectivity index (χ0n) is 15.2. The second-order valence-corrected chi connectivity index (χ2v) is 5.82. The van der Waals surface area contributed by atoms with E-state index in [-0.39, 0.29) is 18.5 Å². The lowest BCUT2D eigenvalue weighted by Crippen LogP contribution is -2.01. The Balaban J connectivity index is 3.91. The number of unbranched alkanes of at least 4 members (excludes halogenated alkanes) is 3. The predicted molar refractivity (Wildman–Crippen MR) is 102 cm³/mol. The summed E-state index contributed by atoms with van der Waals surface area (Å²) in [6.07, 6.45) is 21.7. The molecule has 0 aromatic heterocycles. The molecule has 0 amide bonds. The first-order valence-electron chi connectivity index (χ1n) is 9.08. The number of aliphatic carboxylic acids is 1. The van der Waals surface area contributed by atoms with Gasteiger partial charge in [0.15, 0.2) is 0 Å². The van der Waals surface area contributed by atoms with Gasteiger partial charge in [-0.25, -0.2) is 0 Å². The Morgan fingerprint density at radius 1 is 0.920 bits per heavy atom. The Hall–Kier alpha value is -2.17. The minimum Gasteiger partial charge on any atom is -0.481 e. The minimum atomic E-state index is -0.926. The molecule has 0 bridgehead atoms. The van der Waals surface area contributed by atoms with Crippen LogP contribution in [0.3, 0.4) is 0 Å². The van der Waals surface area contributed by atoms with Crippen molar-refractivity contribution >= 4 is 5.97 Å². The van der Waals surface area contributed by atoms with Gasteiger partial charge in [-0.1, -0.05) is 56.2 Å². The van der Waals surface area contributed by atoms with Gasteiger partial charge in [0.1, 0.15) is 0 Å². The number of carbonyl (C=O) groups is 1. The molecule has 0 spiro atoms. The summed E-state index contributed by atoms with van der Waals surface area (Å²) in [6, 6.07) is 0. The highest BCUT2D eigenvalue weighted by molar-refractivity contribution is 5.66. The van der Waals surface area contributed by atoms with Gasteiger partial charge in [0.2, 0.25) is 5.70 Å². The average molecular weight is 349 g/mol. The molecule has 0 rings (SSSR count). The third-order valence-corrected chi connectivity index (χ3v) is 3.57. The van der Waals surface area contributed by atoms with E-state index in [2.05, 4.69) is 31.2 Å². The van der Waals surface area contributed by atoms with Crippen LogP contribution in [-0.4, -0.2) is 16.0 Å². The van der Waals surface area contributed by atoms with Crippen LogP contribution in [0.25, 0.3) is 0 Å². The van der Waals surface area contributed by atoms with Crippen molar-refractivity contribution in [2.45, 2.75) is 71.1 Å². The van der Waals surface area contributed by atoms with Crippen molar-refractivity contribution in [2.24, 2.45) is 0 Å². The number of carboxylic acid groups (broad SMARTS) is 1. The molecule has 0 saturated carbocycles. The monoisotopic (exact) mass is 349 g/mol. The highest BCUT2D eigenvalue weighted by Gasteiger charge is 2.10. The molecule has 5 heteroatoms. The molecular weight excluding hydrogens is 318 g/mol. The van der Waals surface area contributed by atoms with Crippen molar-refractivity contribution in [3.63, 3.8) is 0 Å². The molecule has 0 aromatic rings. The van der Waals surface area contributed by atoms with Crippen LogP contribution < -0.4 is 0 Å². The van der Waals surface area contributed by atoms with Crippen molar-refractivity contribution in [3.8, 4) is 0 Å². The van der Waals surface area contributed by atoms with Crippen LogP contribution in [0.1, 0.15) is 71.1 Å². The standard InChI is InChI=1S/C20H31NO4/c1-2-3-4-5-6-7-8-9-10-11-12-13-14-16-19(21(24)25)17-15-18-20(22)23/h6-7,9-10,12-13,16H,2-5,8,11,14-15,17-18H2,1H3,(H,22,23)/b7-6+,10-9+,13-12+,19-16-. The van der Waals surface area contributed by atoms with Gasteiger partial charge < -0.3 is 5.11 Å².